The molecule has 1 aliphatic carbocycles. The van der Waals surface area contributed by atoms with E-state index in [0.29, 0.717) is 0 Å². The number of hydrogen-bond donors (Lipinski definition) is 4. The SMILES string of the molecule is O=S(=O)([O-])O/N=C(/Cc1ccccc1)SC1CC(CO)C(O)C(O)C1O.[K+]. The van der Waals surface area contributed by atoms with Gasteiger partial charge in [0.05, 0.1) is 12.2 Å². The zero-order valence-electron chi connectivity index (χ0n) is 14.6. The third kappa shape index (κ3) is 7.99. The van der Waals surface area contributed by atoms with Gasteiger partial charge in [0.25, 0.3) is 10.4 Å². The second kappa shape index (κ2) is 11.6. The van der Waals surface area contributed by atoms with E-state index >= 15 is 0 Å². The Morgan fingerprint density at radius 2 is 1.81 bits per heavy atom. The summed E-state index contributed by atoms with van der Waals surface area (Å²) in [5.74, 6) is -0.659. The van der Waals surface area contributed by atoms with E-state index in [1.807, 2.05) is 0 Å². The van der Waals surface area contributed by atoms with Crippen molar-refractivity contribution >= 4 is 27.2 Å². The number of oxime groups is 1. The molecule has 4 N–H and O–H groups in total. The van der Waals surface area contributed by atoms with E-state index in [1.54, 1.807) is 30.3 Å². The van der Waals surface area contributed by atoms with E-state index < -0.39 is 46.5 Å². The van der Waals surface area contributed by atoms with Gasteiger partial charge in [-0.25, -0.2) is 0 Å². The smallest absolute Gasteiger partial charge is 0.714 e. The van der Waals surface area contributed by atoms with Crippen LogP contribution in [0.3, 0.4) is 0 Å². The summed E-state index contributed by atoms with van der Waals surface area (Å²) < 4.78 is 36.0. The van der Waals surface area contributed by atoms with Crippen molar-refractivity contribution in [2.24, 2.45) is 11.1 Å². The molecule has 0 spiro atoms. The summed E-state index contributed by atoms with van der Waals surface area (Å²) >= 11 is 0.924. The van der Waals surface area contributed by atoms with Gasteiger partial charge in [0.1, 0.15) is 11.1 Å². The second-order valence-corrected chi connectivity index (χ2v) is 8.21. The van der Waals surface area contributed by atoms with Crippen LogP contribution in [-0.2, 0) is 21.1 Å². The average molecular weight is 446 g/mol. The molecule has 0 radical (unpaired) electrons. The minimum atomic E-state index is -5.04. The van der Waals surface area contributed by atoms with Gasteiger partial charge in [0.15, 0.2) is 0 Å². The third-order valence-corrected chi connectivity index (χ3v) is 5.57. The van der Waals surface area contributed by atoms with Gasteiger partial charge < -0.3 is 25.0 Å². The van der Waals surface area contributed by atoms with Crippen LogP contribution >= 0.6 is 11.8 Å². The third-order valence-electron chi connectivity index (χ3n) is 4.05. The van der Waals surface area contributed by atoms with Crippen molar-refractivity contribution in [2.45, 2.75) is 36.4 Å². The maximum Gasteiger partial charge on any atom is 1.00 e. The van der Waals surface area contributed by atoms with E-state index in [1.165, 1.54) is 0 Å². The average Bonchev–Trinajstić information content (AvgIpc) is 2.60. The van der Waals surface area contributed by atoms with Crippen LogP contribution in [0, 0.1) is 5.92 Å². The maximum absolute atomic E-state index is 10.7. The first-order chi connectivity index (χ1) is 12.2. The van der Waals surface area contributed by atoms with Crippen molar-refractivity contribution in [2.75, 3.05) is 6.61 Å². The summed E-state index contributed by atoms with van der Waals surface area (Å²) in [6.07, 6.45) is -3.80. The van der Waals surface area contributed by atoms with E-state index in [-0.39, 0.29) is 69.3 Å². The molecule has 146 valence electrons. The van der Waals surface area contributed by atoms with Gasteiger partial charge in [0, 0.05) is 24.2 Å². The molecule has 1 aliphatic rings. The number of aliphatic hydroxyl groups is 4. The van der Waals surface area contributed by atoms with E-state index in [2.05, 4.69) is 9.44 Å². The Labute approximate surface area is 204 Å². The molecule has 1 aromatic carbocycles. The fourth-order valence-electron chi connectivity index (χ4n) is 2.71. The molecule has 5 atom stereocenters. The zero-order chi connectivity index (χ0) is 19.3. The molecule has 0 heterocycles. The fraction of sp³-hybridized carbons (Fsp3) is 0.533. The Morgan fingerprint density at radius 3 is 2.37 bits per heavy atom. The molecule has 12 heteroatoms. The Balaban J connectivity index is 0.00000364. The molecular weight excluding hydrogens is 425 g/mol. The van der Waals surface area contributed by atoms with Crippen molar-refractivity contribution in [3.63, 3.8) is 0 Å². The molecule has 9 nitrogen and oxygen atoms in total. The molecule has 0 aromatic heterocycles. The largest absolute Gasteiger partial charge is 1.00 e. The minimum Gasteiger partial charge on any atom is -0.714 e. The van der Waals surface area contributed by atoms with Gasteiger partial charge in [-0.3, -0.25) is 4.28 Å². The number of thioether (sulfide) groups is 1. The summed E-state index contributed by atoms with van der Waals surface area (Å²) in [5, 5.41) is 42.1. The molecule has 1 fully saturated rings. The Bertz CT molecular complexity index is 716. The van der Waals surface area contributed by atoms with Crippen LogP contribution < -0.4 is 51.4 Å². The predicted octanol–water partition coefficient (Wildman–Crippen LogP) is -3.78. The predicted molar refractivity (Wildman–Crippen MR) is 93.0 cm³/mol. The van der Waals surface area contributed by atoms with E-state index in [0.717, 1.165) is 17.3 Å². The van der Waals surface area contributed by atoms with Gasteiger partial charge in [-0.05, 0) is 12.0 Å². The van der Waals surface area contributed by atoms with Gasteiger partial charge in [-0.1, -0.05) is 35.5 Å². The molecule has 0 saturated heterocycles. The number of rotatable bonds is 6. The summed E-state index contributed by atoms with van der Waals surface area (Å²) in [7, 11) is -5.04. The molecular formula is C15H20KNO8S2. The summed E-state index contributed by atoms with van der Waals surface area (Å²) in [4.78, 5) is 0. The Kier molecular flexibility index (Phi) is 10.9. The van der Waals surface area contributed by atoms with E-state index in [4.69, 9.17) is 0 Å². The van der Waals surface area contributed by atoms with Gasteiger partial charge >= 0.3 is 51.4 Å². The summed E-state index contributed by atoms with van der Waals surface area (Å²) in [6, 6.07) is 8.84. The van der Waals surface area contributed by atoms with E-state index in [9.17, 15) is 33.4 Å². The number of aliphatic hydroxyl groups excluding tert-OH is 4. The number of hydrogen-bond acceptors (Lipinski definition) is 10. The van der Waals surface area contributed by atoms with Crippen LogP contribution in [0.1, 0.15) is 12.0 Å². The van der Waals surface area contributed by atoms with Crippen LogP contribution in [0.5, 0.6) is 0 Å². The van der Waals surface area contributed by atoms with Gasteiger partial charge in [-0.2, -0.15) is 8.42 Å². The Morgan fingerprint density at radius 1 is 1.19 bits per heavy atom. The van der Waals surface area contributed by atoms with Crippen molar-refractivity contribution in [1.82, 2.24) is 0 Å². The number of nitrogens with zero attached hydrogens (tertiary/aromatic N) is 1. The maximum atomic E-state index is 10.7. The standard InChI is InChI=1S/C15H21NO8S2.K/c17-8-10-7-11(14(19)15(20)13(10)18)25-12(16-24-26(21,22)23)6-9-4-2-1-3-5-9;/h1-5,10-11,13-15,17-20H,6-8H2,(H,21,22,23);/q;+1/p-1/b16-12-;. The first kappa shape index (κ1) is 25.5. The molecule has 1 saturated carbocycles. The first-order valence-electron chi connectivity index (χ1n) is 7.78. The molecule has 27 heavy (non-hydrogen) atoms. The van der Waals surface area contributed by atoms with Crippen molar-refractivity contribution in [3.05, 3.63) is 35.9 Å². The van der Waals surface area contributed by atoms with Gasteiger partial charge in [0.2, 0.25) is 0 Å². The topological polar surface area (TPSA) is 160 Å². The number of benzene rings is 1. The van der Waals surface area contributed by atoms with Crippen LogP contribution in [-0.4, -0.2) is 68.6 Å². The molecule has 5 unspecified atom stereocenters. The van der Waals surface area contributed by atoms with Gasteiger partial charge in [-0.15, -0.1) is 11.8 Å². The van der Waals surface area contributed by atoms with Crippen molar-refractivity contribution in [3.8, 4) is 0 Å². The summed E-state index contributed by atoms with van der Waals surface area (Å²) in [5.41, 5.74) is 0.759. The Hall–Kier alpha value is 0.426. The minimum absolute atomic E-state index is 0. The monoisotopic (exact) mass is 445 g/mol. The molecule has 0 aliphatic heterocycles. The van der Waals surface area contributed by atoms with Crippen LogP contribution in [0.2, 0.25) is 0 Å². The molecule has 0 amide bonds. The zero-order valence-corrected chi connectivity index (χ0v) is 19.3. The molecule has 0 bridgehead atoms. The molecule has 2 rings (SSSR count). The second-order valence-electron chi connectivity index (χ2n) is 5.94. The van der Waals surface area contributed by atoms with Crippen LogP contribution in [0.4, 0.5) is 0 Å². The first-order valence-corrected chi connectivity index (χ1v) is 9.99. The fourth-order valence-corrected chi connectivity index (χ4v) is 4.26. The molecule has 1 aromatic rings. The quantitative estimate of drug-likeness (QED) is 0.0860. The van der Waals surface area contributed by atoms with Crippen LogP contribution in [0.25, 0.3) is 0 Å². The normalized spacial score (nSPS) is 29.1. The van der Waals surface area contributed by atoms with Crippen molar-refractivity contribution < 1.29 is 89.1 Å². The van der Waals surface area contributed by atoms with Crippen molar-refractivity contribution in [1.29, 1.82) is 0 Å². The van der Waals surface area contributed by atoms with Crippen LogP contribution in [0.15, 0.2) is 35.5 Å². The summed E-state index contributed by atoms with van der Waals surface area (Å²) in [6.45, 7) is -0.390.